The van der Waals surface area contributed by atoms with Gasteiger partial charge in [-0.1, -0.05) is 0 Å². The molecule has 0 amide bonds. The number of aromatic nitrogens is 4. The van der Waals surface area contributed by atoms with Gasteiger partial charge in [-0.2, -0.15) is 4.98 Å². The molecule has 2 fully saturated rings. The van der Waals surface area contributed by atoms with E-state index >= 15 is 0 Å². The Hall–Kier alpha value is -1.32. The Morgan fingerprint density at radius 3 is 2.59 bits per heavy atom. The molecule has 0 aliphatic carbocycles. The Labute approximate surface area is 194 Å². The molecule has 2 aromatic rings. The average Bonchev–Trinajstić information content (AvgIpc) is 3.34. The second-order valence-corrected chi connectivity index (χ2v) is 12.3. The van der Waals surface area contributed by atoms with Crippen LogP contribution in [0.25, 0.3) is 5.65 Å². The van der Waals surface area contributed by atoms with Gasteiger partial charge in [0, 0.05) is 13.0 Å². The third-order valence-corrected chi connectivity index (χ3v) is 8.89. The fraction of sp³-hybridized carbons (Fsp3) is 0.667. The van der Waals surface area contributed by atoms with Crippen molar-refractivity contribution in [3.8, 4) is 0 Å². The number of alkyl halides is 2. The SMILES string of the molecule is O=P(O)(O)CP(=O)(O)OC[C@H]1O[C@@H](c2cnc3c(N4CCC(F)(F)C4)nc(Cl)nn23)[C@H](O)[C@@H]1O. The number of fused-ring (bicyclic) bond motifs is 1. The zero-order valence-electron chi connectivity index (χ0n) is 17.1. The van der Waals surface area contributed by atoms with Gasteiger partial charge in [0.25, 0.3) is 5.92 Å². The predicted octanol–water partition coefficient (Wildman–Crippen LogP) is 0.122. The van der Waals surface area contributed by atoms with Gasteiger partial charge in [-0.3, -0.25) is 9.13 Å². The van der Waals surface area contributed by atoms with Gasteiger partial charge < -0.3 is 39.1 Å². The Balaban J connectivity index is 1.56. The maximum absolute atomic E-state index is 13.7. The molecule has 2 saturated heterocycles. The average molecular weight is 550 g/mol. The largest absolute Gasteiger partial charge is 0.387 e. The van der Waals surface area contributed by atoms with Gasteiger partial charge in [-0.25, -0.2) is 18.3 Å². The summed E-state index contributed by atoms with van der Waals surface area (Å²) < 4.78 is 61.5. The molecule has 0 radical (unpaired) electrons. The summed E-state index contributed by atoms with van der Waals surface area (Å²) in [7, 11) is -9.59. The Morgan fingerprint density at radius 2 is 1.97 bits per heavy atom. The van der Waals surface area contributed by atoms with E-state index in [1.54, 1.807) is 0 Å². The van der Waals surface area contributed by atoms with Crippen LogP contribution in [0.1, 0.15) is 18.2 Å². The number of anilines is 1. The zero-order valence-corrected chi connectivity index (χ0v) is 19.6. The van der Waals surface area contributed by atoms with Crippen LogP contribution < -0.4 is 4.90 Å². The summed E-state index contributed by atoms with van der Waals surface area (Å²) in [5.74, 6) is -4.32. The molecule has 2 aliphatic heterocycles. The predicted molar refractivity (Wildman–Crippen MR) is 110 cm³/mol. The number of rotatable bonds is 7. The smallest absolute Gasteiger partial charge is 0.340 e. The number of aliphatic hydroxyl groups excluding tert-OH is 2. The molecule has 0 bridgehead atoms. The fourth-order valence-corrected chi connectivity index (χ4v) is 6.50. The van der Waals surface area contributed by atoms with E-state index in [0.717, 1.165) is 4.52 Å². The Morgan fingerprint density at radius 1 is 1.26 bits per heavy atom. The van der Waals surface area contributed by atoms with Crippen LogP contribution in [0.4, 0.5) is 14.6 Å². The van der Waals surface area contributed by atoms with Crippen molar-refractivity contribution in [2.75, 3.05) is 30.5 Å². The quantitative estimate of drug-likeness (QED) is 0.292. The molecule has 5 N–H and O–H groups in total. The van der Waals surface area contributed by atoms with E-state index in [-0.39, 0.29) is 35.4 Å². The molecule has 0 spiro atoms. The second-order valence-electron chi connectivity index (χ2n) is 7.97. The van der Waals surface area contributed by atoms with Crippen molar-refractivity contribution in [1.29, 1.82) is 0 Å². The first-order valence-electron chi connectivity index (χ1n) is 9.72. The first kappa shape index (κ1) is 25.8. The molecule has 0 saturated carbocycles. The number of halogens is 3. The summed E-state index contributed by atoms with van der Waals surface area (Å²) in [5.41, 5.74) is 0.117. The number of aliphatic hydroxyl groups is 2. The highest BCUT2D eigenvalue weighted by Gasteiger charge is 2.46. The van der Waals surface area contributed by atoms with E-state index < -0.39 is 64.6 Å². The molecule has 2 aliphatic rings. The lowest BCUT2D eigenvalue weighted by atomic mass is 10.1. The summed E-state index contributed by atoms with van der Waals surface area (Å²) in [4.78, 5) is 36.7. The van der Waals surface area contributed by atoms with Crippen LogP contribution in [-0.2, 0) is 18.4 Å². The minimum Gasteiger partial charge on any atom is -0.387 e. The van der Waals surface area contributed by atoms with Crippen molar-refractivity contribution in [2.24, 2.45) is 0 Å². The van der Waals surface area contributed by atoms with Crippen LogP contribution in [0.15, 0.2) is 6.20 Å². The minimum absolute atomic E-state index is 0.00525. The van der Waals surface area contributed by atoms with Gasteiger partial charge in [0.15, 0.2) is 17.4 Å². The monoisotopic (exact) mass is 549 g/mol. The lowest BCUT2D eigenvalue weighted by Crippen LogP contribution is -2.33. The highest BCUT2D eigenvalue weighted by Crippen LogP contribution is 2.55. The van der Waals surface area contributed by atoms with Gasteiger partial charge in [-0.15, -0.1) is 5.10 Å². The summed E-state index contributed by atoms with van der Waals surface area (Å²) in [6.45, 7) is -1.38. The third-order valence-electron chi connectivity index (χ3n) is 5.27. The molecular formula is C15H20ClF2N5O9P2. The van der Waals surface area contributed by atoms with Crippen LogP contribution in [0.2, 0.25) is 5.28 Å². The highest BCUT2D eigenvalue weighted by molar-refractivity contribution is 7.70. The van der Waals surface area contributed by atoms with Gasteiger partial charge in [0.2, 0.25) is 5.28 Å². The standard InChI is InChI=1S/C15H20ClF2N5O9P2/c16-14-20-13(22-2-1-15(17,18)5-22)12-19-3-7(23(12)21-14)11-10(25)9(24)8(32-11)4-31-34(29,30)6-33(26,27)28/h3,8-11,24-25H,1-2,4-6H2,(H,29,30)(H2,26,27,28)/t8-,9-,10-,11+/m1/s1. The van der Waals surface area contributed by atoms with Crippen molar-refractivity contribution >= 4 is 38.3 Å². The van der Waals surface area contributed by atoms with E-state index in [2.05, 4.69) is 19.6 Å². The number of hydrogen-bond acceptors (Lipinski definition) is 10. The molecule has 4 heterocycles. The molecule has 190 valence electrons. The maximum atomic E-state index is 13.7. The Kier molecular flexibility index (Phi) is 6.79. The molecule has 2 aromatic heterocycles. The van der Waals surface area contributed by atoms with Crippen LogP contribution in [-0.4, -0.2) is 94.3 Å². The van der Waals surface area contributed by atoms with E-state index in [1.807, 2.05) is 0 Å². The van der Waals surface area contributed by atoms with Gasteiger partial charge >= 0.3 is 15.2 Å². The molecule has 0 aromatic carbocycles. The van der Waals surface area contributed by atoms with Crippen molar-refractivity contribution < 1.29 is 52.1 Å². The van der Waals surface area contributed by atoms with Crippen LogP contribution in [0.3, 0.4) is 0 Å². The summed E-state index contributed by atoms with van der Waals surface area (Å²) in [6, 6.07) is 0. The molecule has 4 rings (SSSR count). The van der Waals surface area contributed by atoms with Gasteiger partial charge in [0.05, 0.1) is 25.0 Å². The first-order valence-corrected chi connectivity index (χ1v) is 13.7. The van der Waals surface area contributed by atoms with E-state index in [4.69, 9.17) is 26.1 Å². The van der Waals surface area contributed by atoms with Crippen molar-refractivity contribution in [1.82, 2.24) is 19.6 Å². The van der Waals surface area contributed by atoms with Gasteiger partial charge in [-0.05, 0) is 11.6 Å². The van der Waals surface area contributed by atoms with Crippen LogP contribution in [0, 0.1) is 0 Å². The fourth-order valence-electron chi connectivity index (χ4n) is 3.78. The van der Waals surface area contributed by atoms with Crippen molar-refractivity contribution in [2.45, 2.75) is 36.8 Å². The molecule has 14 nitrogen and oxygen atoms in total. The van der Waals surface area contributed by atoms with Crippen molar-refractivity contribution in [3.63, 3.8) is 0 Å². The zero-order chi connectivity index (χ0) is 25.1. The highest BCUT2D eigenvalue weighted by atomic mass is 35.5. The summed E-state index contributed by atoms with van der Waals surface area (Å²) >= 11 is 5.98. The van der Waals surface area contributed by atoms with Gasteiger partial charge in [0.1, 0.15) is 24.4 Å². The summed E-state index contributed by atoms with van der Waals surface area (Å²) in [6.07, 6.45) is -5.05. The number of ether oxygens (including phenoxy) is 1. The Bertz CT molecular complexity index is 1180. The van der Waals surface area contributed by atoms with Crippen LogP contribution in [0.5, 0.6) is 0 Å². The first-order chi connectivity index (χ1) is 15.7. The minimum atomic E-state index is -4.86. The number of imidazole rings is 1. The van der Waals surface area contributed by atoms with E-state index in [0.29, 0.717) is 0 Å². The number of hydrogen-bond donors (Lipinski definition) is 5. The molecule has 19 heteroatoms. The number of nitrogens with zero attached hydrogens (tertiary/aromatic N) is 5. The lowest BCUT2D eigenvalue weighted by Gasteiger charge is -2.18. The molecule has 5 atom stereocenters. The van der Waals surface area contributed by atoms with E-state index in [1.165, 1.54) is 11.1 Å². The summed E-state index contributed by atoms with van der Waals surface area (Å²) in [5, 5.41) is 24.5. The molecular weight excluding hydrogens is 530 g/mol. The lowest BCUT2D eigenvalue weighted by molar-refractivity contribution is -0.0204. The second kappa shape index (κ2) is 8.96. The van der Waals surface area contributed by atoms with Crippen molar-refractivity contribution in [3.05, 3.63) is 17.2 Å². The topological polar surface area (TPSA) is 200 Å². The normalized spacial score (nSPS) is 29.1. The molecule has 1 unspecified atom stereocenters. The van der Waals surface area contributed by atoms with Crippen LogP contribution >= 0.6 is 26.8 Å². The molecule has 34 heavy (non-hydrogen) atoms. The third kappa shape index (κ3) is 5.41. The maximum Gasteiger partial charge on any atom is 0.340 e. The van der Waals surface area contributed by atoms with E-state index in [9.17, 15) is 33.0 Å².